The molecule has 2 aliphatic heterocycles. The van der Waals surface area contributed by atoms with Crippen molar-refractivity contribution in [1.29, 1.82) is 5.26 Å². The van der Waals surface area contributed by atoms with Gasteiger partial charge in [0.1, 0.15) is 24.2 Å². The summed E-state index contributed by atoms with van der Waals surface area (Å²) in [4.78, 5) is 34.4. The van der Waals surface area contributed by atoms with Gasteiger partial charge in [0.25, 0.3) is 0 Å². The minimum Gasteiger partial charge on any atom is -0.490 e. The fourth-order valence-corrected chi connectivity index (χ4v) is 4.74. The molecule has 2 atom stereocenters. The van der Waals surface area contributed by atoms with E-state index in [-0.39, 0.29) is 24.6 Å². The number of aromatic nitrogens is 1. The molecule has 10 nitrogen and oxygen atoms in total. The van der Waals surface area contributed by atoms with Crippen molar-refractivity contribution in [2.45, 2.75) is 32.0 Å². The average Bonchev–Trinajstić information content (AvgIpc) is 3.57. The molecule has 38 heavy (non-hydrogen) atoms. The standard InChI is InChI=1S/C27H25ClN6O4/c1-16(2)37-22-13-17(14-29)3-8-20(22)26-32-24(21-9-10-31-38-21)25(18-4-6-19(28)7-5-18)34(26)27(36)33-12-11-30-23(35)15-33/h3-10,13,16,24-25H,11-12,15H2,1-2H3,(H,30,35)/t24-,25+/m0/s1. The van der Waals surface area contributed by atoms with E-state index in [9.17, 15) is 14.9 Å². The quantitative estimate of drug-likeness (QED) is 0.528. The van der Waals surface area contributed by atoms with Crippen LogP contribution in [0.5, 0.6) is 5.75 Å². The number of rotatable bonds is 5. The highest BCUT2D eigenvalue weighted by molar-refractivity contribution is 6.30. The SMILES string of the molecule is CC(C)Oc1cc(C#N)ccc1C1=N[C@@H](c2ccno2)[C@@H](c2ccc(Cl)cc2)N1C(=O)N1CCNC(=O)C1. The maximum absolute atomic E-state index is 14.2. The molecular weight excluding hydrogens is 508 g/mol. The number of aliphatic imine (C=N–C) groups is 1. The third-order valence-electron chi connectivity index (χ3n) is 6.26. The summed E-state index contributed by atoms with van der Waals surface area (Å²) < 4.78 is 11.6. The molecule has 0 unspecified atom stereocenters. The van der Waals surface area contributed by atoms with Gasteiger partial charge in [-0.15, -0.1) is 0 Å². The Bertz CT molecular complexity index is 1410. The van der Waals surface area contributed by atoms with Crippen molar-refractivity contribution in [3.05, 3.63) is 82.2 Å². The number of urea groups is 1. The topological polar surface area (TPSA) is 124 Å². The van der Waals surface area contributed by atoms with Crippen molar-refractivity contribution in [3.8, 4) is 11.8 Å². The highest BCUT2D eigenvalue weighted by Crippen LogP contribution is 2.45. The fraction of sp³-hybridized carbons (Fsp3) is 0.296. The zero-order chi connectivity index (χ0) is 26.8. The third kappa shape index (κ3) is 4.93. The van der Waals surface area contributed by atoms with Crippen LogP contribution in [0.2, 0.25) is 5.02 Å². The summed E-state index contributed by atoms with van der Waals surface area (Å²) in [6, 6.07) is 14.4. The minimum absolute atomic E-state index is 0.0777. The molecule has 0 saturated carbocycles. The molecule has 194 valence electrons. The van der Waals surface area contributed by atoms with Crippen LogP contribution in [0.25, 0.3) is 0 Å². The molecule has 1 fully saturated rings. The molecule has 3 amide bonds. The van der Waals surface area contributed by atoms with Crippen molar-refractivity contribution in [2.24, 2.45) is 4.99 Å². The van der Waals surface area contributed by atoms with E-state index >= 15 is 0 Å². The van der Waals surface area contributed by atoms with Crippen LogP contribution in [-0.4, -0.2) is 58.5 Å². The van der Waals surface area contributed by atoms with E-state index in [1.165, 1.54) is 11.1 Å². The molecule has 1 N–H and O–H groups in total. The summed E-state index contributed by atoms with van der Waals surface area (Å²) in [5, 5.41) is 16.7. The van der Waals surface area contributed by atoms with E-state index in [1.807, 2.05) is 26.0 Å². The van der Waals surface area contributed by atoms with E-state index in [4.69, 9.17) is 25.9 Å². The van der Waals surface area contributed by atoms with E-state index in [0.717, 1.165) is 5.56 Å². The number of hydrogen-bond donors (Lipinski definition) is 1. The number of halogens is 1. The Morgan fingerprint density at radius 2 is 2.03 bits per heavy atom. The van der Waals surface area contributed by atoms with Gasteiger partial charge in [0, 0.05) is 24.2 Å². The number of nitrogens with one attached hydrogen (secondary N) is 1. The predicted octanol–water partition coefficient (Wildman–Crippen LogP) is 4.08. The lowest BCUT2D eigenvalue weighted by Gasteiger charge is -2.35. The zero-order valence-electron chi connectivity index (χ0n) is 20.8. The first kappa shape index (κ1) is 25.3. The van der Waals surface area contributed by atoms with E-state index in [2.05, 4.69) is 16.5 Å². The molecule has 0 spiro atoms. The Hall–Kier alpha value is -4.36. The number of amidine groups is 1. The Kier molecular flexibility index (Phi) is 7.03. The second kappa shape index (κ2) is 10.6. The molecule has 1 saturated heterocycles. The number of nitriles is 1. The van der Waals surface area contributed by atoms with Crippen molar-refractivity contribution in [2.75, 3.05) is 19.6 Å². The Labute approximate surface area is 224 Å². The molecule has 3 heterocycles. The average molecular weight is 533 g/mol. The number of hydrogen-bond acceptors (Lipinski definition) is 7. The largest absolute Gasteiger partial charge is 0.490 e. The lowest BCUT2D eigenvalue weighted by Crippen LogP contribution is -2.55. The van der Waals surface area contributed by atoms with Crippen LogP contribution >= 0.6 is 11.6 Å². The van der Waals surface area contributed by atoms with Crippen LogP contribution in [0.3, 0.4) is 0 Å². The van der Waals surface area contributed by atoms with Crippen LogP contribution in [0.4, 0.5) is 4.79 Å². The fourth-order valence-electron chi connectivity index (χ4n) is 4.62. The number of ether oxygens (including phenoxy) is 1. The summed E-state index contributed by atoms with van der Waals surface area (Å²) >= 11 is 6.18. The first-order valence-electron chi connectivity index (χ1n) is 12.2. The van der Waals surface area contributed by atoms with Gasteiger partial charge in [0.05, 0.1) is 35.5 Å². The van der Waals surface area contributed by atoms with Gasteiger partial charge in [-0.25, -0.2) is 4.79 Å². The molecule has 3 aromatic rings. The summed E-state index contributed by atoms with van der Waals surface area (Å²) in [6.07, 6.45) is 1.33. The van der Waals surface area contributed by atoms with Gasteiger partial charge in [-0.3, -0.25) is 14.7 Å². The minimum atomic E-state index is -0.640. The van der Waals surface area contributed by atoms with Crippen LogP contribution in [0, 0.1) is 11.3 Å². The number of benzene rings is 2. The van der Waals surface area contributed by atoms with Crippen molar-refractivity contribution in [1.82, 2.24) is 20.3 Å². The maximum Gasteiger partial charge on any atom is 0.326 e. The number of piperazine rings is 1. The third-order valence-corrected chi connectivity index (χ3v) is 6.51. The lowest BCUT2D eigenvalue weighted by molar-refractivity contribution is -0.123. The van der Waals surface area contributed by atoms with E-state index < -0.39 is 12.1 Å². The number of carbonyl (C=O) groups is 2. The molecule has 0 bridgehead atoms. The van der Waals surface area contributed by atoms with Gasteiger partial charge < -0.3 is 19.5 Å². The van der Waals surface area contributed by atoms with Gasteiger partial charge in [-0.1, -0.05) is 28.9 Å². The number of carbonyl (C=O) groups excluding carboxylic acids is 2. The van der Waals surface area contributed by atoms with E-state index in [0.29, 0.717) is 46.6 Å². The van der Waals surface area contributed by atoms with Gasteiger partial charge in [-0.05, 0) is 49.7 Å². The molecule has 1 aromatic heterocycles. The second-order valence-electron chi connectivity index (χ2n) is 9.22. The normalized spacial score (nSPS) is 19.2. The molecule has 2 aliphatic rings. The zero-order valence-corrected chi connectivity index (χ0v) is 21.6. The van der Waals surface area contributed by atoms with Gasteiger partial charge in [0.2, 0.25) is 5.91 Å². The highest BCUT2D eigenvalue weighted by Gasteiger charge is 2.46. The predicted molar refractivity (Wildman–Crippen MR) is 139 cm³/mol. The summed E-state index contributed by atoms with van der Waals surface area (Å²) in [7, 11) is 0. The molecule has 0 aliphatic carbocycles. The summed E-state index contributed by atoms with van der Waals surface area (Å²) in [6.45, 7) is 4.37. The second-order valence-corrected chi connectivity index (χ2v) is 9.66. The van der Waals surface area contributed by atoms with Gasteiger partial charge in [-0.2, -0.15) is 5.26 Å². The van der Waals surface area contributed by atoms with Crippen molar-refractivity contribution in [3.63, 3.8) is 0 Å². The molecule has 5 rings (SSSR count). The Morgan fingerprint density at radius 1 is 1.24 bits per heavy atom. The summed E-state index contributed by atoms with van der Waals surface area (Å²) in [5.41, 5.74) is 1.72. The van der Waals surface area contributed by atoms with Crippen LogP contribution in [-0.2, 0) is 4.79 Å². The van der Waals surface area contributed by atoms with Crippen molar-refractivity contribution < 1.29 is 18.8 Å². The van der Waals surface area contributed by atoms with Crippen LogP contribution in [0.15, 0.2) is 64.2 Å². The first-order chi connectivity index (χ1) is 18.4. The molecular formula is C27H25ClN6O4. The first-order valence-corrected chi connectivity index (χ1v) is 12.5. The monoisotopic (exact) mass is 532 g/mol. The highest BCUT2D eigenvalue weighted by atomic mass is 35.5. The lowest BCUT2D eigenvalue weighted by atomic mass is 9.97. The van der Waals surface area contributed by atoms with Crippen LogP contribution in [0.1, 0.15) is 48.4 Å². The smallest absolute Gasteiger partial charge is 0.326 e. The number of amides is 3. The van der Waals surface area contributed by atoms with Gasteiger partial charge in [0.15, 0.2) is 5.76 Å². The molecule has 0 radical (unpaired) electrons. The van der Waals surface area contributed by atoms with Gasteiger partial charge >= 0.3 is 6.03 Å². The molecule has 2 aromatic carbocycles. The molecule has 11 heteroatoms. The number of nitrogens with zero attached hydrogens (tertiary/aromatic N) is 5. The Morgan fingerprint density at radius 3 is 2.68 bits per heavy atom. The van der Waals surface area contributed by atoms with Crippen molar-refractivity contribution >= 4 is 29.4 Å². The maximum atomic E-state index is 14.2. The summed E-state index contributed by atoms with van der Waals surface area (Å²) in [5.74, 6) is 0.982. The van der Waals surface area contributed by atoms with E-state index in [1.54, 1.807) is 41.3 Å². The Balaban J connectivity index is 1.69. The van der Waals surface area contributed by atoms with Crippen LogP contribution < -0.4 is 10.1 Å².